The average Bonchev–Trinajstić information content (AvgIpc) is 2.97. The molecule has 0 bridgehead atoms. The zero-order chi connectivity index (χ0) is 9.97. The van der Waals surface area contributed by atoms with Crippen molar-refractivity contribution in [2.24, 2.45) is 5.92 Å². The summed E-state index contributed by atoms with van der Waals surface area (Å²) in [5.41, 5.74) is 0.941. The second kappa shape index (κ2) is 4.26. The van der Waals surface area contributed by atoms with Crippen LogP contribution in [-0.4, -0.2) is 10.4 Å². The molecular weight excluding hydrogens is 201 g/mol. The number of pyridine rings is 1. The van der Waals surface area contributed by atoms with Gasteiger partial charge in [0.05, 0.1) is 6.20 Å². The largest absolute Gasteiger partial charge is 0.261 e. The number of alkyl halides is 1. The van der Waals surface area contributed by atoms with Crippen LogP contribution < -0.4 is 0 Å². The van der Waals surface area contributed by atoms with Crippen molar-refractivity contribution in [1.29, 1.82) is 0 Å². The highest BCUT2D eigenvalue weighted by Gasteiger charge is 2.29. The molecule has 1 heterocycles. The van der Waals surface area contributed by atoms with Gasteiger partial charge in [-0.3, -0.25) is 4.98 Å². The molecule has 3 heteroatoms. The summed E-state index contributed by atoms with van der Waals surface area (Å²) in [6, 6.07) is 1.53. The first-order valence-electron chi connectivity index (χ1n) is 4.99. The highest BCUT2D eigenvalue weighted by atomic mass is 35.5. The molecule has 1 unspecified atom stereocenters. The Labute approximate surface area is 88.3 Å². The zero-order valence-electron chi connectivity index (χ0n) is 7.92. The minimum Gasteiger partial charge on any atom is -0.261 e. The van der Waals surface area contributed by atoms with Gasteiger partial charge in [-0.1, -0.05) is 0 Å². The van der Waals surface area contributed by atoms with Gasteiger partial charge in [-0.15, -0.1) is 11.6 Å². The number of aryl methyl sites for hydroxylation is 1. The molecule has 0 saturated heterocycles. The fraction of sp³-hybridized carbons (Fsp3) is 0.545. The van der Waals surface area contributed by atoms with Gasteiger partial charge < -0.3 is 0 Å². The lowest BCUT2D eigenvalue weighted by Gasteiger charge is -2.06. The lowest BCUT2D eigenvalue weighted by atomic mass is 10.1. The lowest BCUT2D eigenvalue weighted by molar-refractivity contribution is 0.614. The van der Waals surface area contributed by atoms with Gasteiger partial charge in [0.15, 0.2) is 0 Å². The van der Waals surface area contributed by atoms with Gasteiger partial charge in [0, 0.05) is 11.6 Å². The molecule has 0 N–H and O–H groups in total. The molecule has 1 fully saturated rings. The Morgan fingerprint density at radius 3 is 2.93 bits per heavy atom. The van der Waals surface area contributed by atoms with Gasteiger partial charge in [0.25, 0.3) is 0 Å². The minimum absolute atomic E-state index is 0.262. The van der Waals surface area contributed by atoms with Crippen molar-refractivity contribution in [2.75, 3.05) is 0 Å². The average molecular weight is 214 g/mol. The number of aromatic nitrogens is 1. The van der Waals surface area contributed by atoms with Gasteiger partial charge in [0.1, 0.15) is 5.82 Å². The summed E-state index contributed by atoms with van der Waals surface area (Å²) in [6.07, 6.45) is 7.21. The van der Waals surface area contributed by atoms with E-state index in [1.165, 1.54) is 25.1 Å². The zero-order valence-corrected chi connectivity index (χ0v) is 8.67. The molecule has 1 aliphatic rings. The van der Waals surface area contributed by atoms with Crippen molar-refractivity contribution in [3.05, 3.63) is 29.8 Å². The van der Waals surface area contributed by atoms with E-state index in [2.05, 4.69) is 4.98 Å². The van der Waals surface area contributed by atoms with Gasteiger partial charge in [0.2, 0.25) is 0 Å². The maximum atomic E-state index is 12.8. The Balaban J connectivity index is 1.84. The molecule has 14 heavy (non-hydrogen) atoms. The summed E-state index contributed by atoms with van der Waals surface area (Å²) in [4.78, 5) is 3.80. The smallest absolute Gasteiger partial charge is 0.141 e. The molecule has 76 valence electrons. The molecule has 1 aliphatic carbocycles. The summed E-state index contributed by atoms with van der Waals surface area (Å²) < 4.78 is 12.8. The molecule has 1 nitrogen and oxygen atoms in total. The number of halogens is 2. The highest BCUT2D eigenvalue weighted by molar-refractivity contribution is 6.20. The van der Waals surface area contributed by atoms with E-state index >= 15 is 0 Å². The van der Waals surface area contributed by atoms with Crippen LogP contribution in [0.5, 0.6) is 0 Å². The van der Waals surface area contributed by atoms with Crippen molar-refractivity contribution in [2.45, 2.75) is 31.1 Å². The third kappa shape index (κ3) is 2.68. The van der Waals surface area contributed by atoms with Crippen LogP contribution >= 0.6 is 11.6 Å². The van der Waals surface area contributed by atoms with E-state index in [0.717, 1.165) is 18.4 Å². The molecular formula is C11H13ClFN. The molecule has 0 spiro atoms. The Morgan fingerprint density at radius 1 is 1.50 bits per heavy atom. The molecule has 1 aromatic rings. The lowest BCUT2D eigenvalue weighted by Crippen LogP contribution is -2.03. The van der Waals surface area contributed by atoms with Crippen molar-refractivity contribution in [3.8, 4) is 0 Å². The molecule has 1 aromatic heterocycles. The topological polar surface area (TPSA) is 12.9 Å². The molecule has 2 rings (SSSR count). The first kappa shape index (κ1) is 9.91. The molecule has 0 radical (unpaired) electrons. The van der Waals surface area contributed by atoms with Gasteiger partial charge in [-0.05, 0) is 43.2 Å². The Morgan fingerprint density at radius 2 is 2.29 bits per heavy atom. The first-order valence-corrected chi connectivity index (χ1v) is 5.43. The molecule has 0 amide bonds. The van der Waals surface area contributed by atoms with E-state index in [-0.39, 0.29) is 11.2 Å². The quantitative estimate of drug-likeness (QED) is 0.701. The Kier molecular flexibility index (Phi) is 3.02. The van der Waals surface area contributed by atoms with E-state index in [0.29, 0.717) is 5.92 Å². The summed E-state index contributed by atoms with van der Waals surface area (Å²) in [7, 11) is 0. The molecule has 1 atom stereocenters. The van der Waals surface area contributed by atoms with Crippen LogP contribution in [0, 0.1) is 11.7 Å². The van der Waals surface area contributed by atoms with Gasteiger partial charge in [-0.2, -0.15) is 0 Å². The predicted molar refractivity (Wildman–Crippen MR) is 54.9 cm³/mol. The van der Waals surface area contributed by atoms with Crippen LogP contribution in [0.1, 0.15) is 24.8 Å². The third-order valence-electron chi connectivity index (χ3n) is 2.60. The van der Waals surface area contributed by atoms with Crippen LogP contribution in [-0.2, 0) is 6.42 Å². The van der Waals surface area contributed by atoms with Crippen LogP contribution in [0.25, 0.3) is 0 Å². The van der Waals surface area contributed by atoms with Crippen LogP contribution in [0.2, 0.25) is 0 Å². The monoisotopic (exact) mass is 213 g/mol. The number of rotatable bonds is 4. The number of hydrogen-bond donors (Lipinski definition) is 0. The van der Waals surface area contributed by atoms with Crippen molar-refractivity contribution >= 4 is 11.6 Å². The standard InChI is InChI=1S/C11H13ClFN/c12-11(9-2-3-9)4-1-8-5-10(13)7-14-6-8/h5-7,9,11H,1-4H2. The maximum absolute atomic E-state index is 12.8. The van der Waals surface area contributed by atoms with Crippen molar-refractivity contribution < 1.29 is 4.39 Å². The fourth-order valence-electron chi connectivity index (χ4n) is 1.59. The van der Waals surface area contributed by atoms with Crippen molar-refractivity contribution in [3.63, 3.8) is 0 Å². The van der Waals surface area contributed by atoms with Crippen molar-refractivity contribution in [1.82, 2.24) is 4.98 Å². The van der Waals surface area contributed by atoms with Gasteiger partial charge >= 0.3 is 0 Å². The molecule has 0 aromatic carbocycles. The summed E-state index contributed by atoms with van der Waals surface area (Å²) >= 11 is 6.15. The summed E-state index contributed by atoms with van der Waals surface area (Å²) in [5.74, 6) is 0.443. The van der Waals surface area contributed by atoms with Gasteiger partial charge in [-0.25, -0.2) is 4.39 Å². The second-order valence-electron chi connectivity index (χ2n) is 3.90. The first-order chi connectivity index (χ1) is 6.75. The maximum Gasteiger partial charge on any atom is 0.141 e. The Hall–Kier alpha value is -0.630. The van der Waals surface area contributed by atoms with E-state index in [1.54, 1.807) is 6.20 Å². The SMILES string of the molecule is Fc1cncc(CCC(Cl)C2CC2)c1. The minimum atomic E-state index is -0.264. The highest BCUT2D eigenvalue weighted by Crippen LogP contribution is 2.37. The van der Waals surface area contributed by atoms with E-state index in [9.17, 15) is 4.39 Å². The van der Waals surface area contributed by atoms with Crippen LogP contribution in [0.15, 0.2) is 18.5 Å². The number of nitrogens with zero attached hydrogens (tertiary/aromatic N) is 1. The van der Waals surface area contributed by atoms with E-state index in [1.807, 2.05) is 0 Å². The molecule has 0 aliphatic heterocycles. The summed E-state index contributed by atoms with van der Waals surface area (Å²) in [6.45, 7) is 0. The van der Waals surface area contributed by atoms with Crippen LogP contribution in [0.4, 0.5) is 4.39 Å². The molecule has 1 saturated carbocycles. The van der Waals surface area contributed by atoms with Crippen LogP contribution in [0.3, 0.4) is 0 Å². The van der Waals surface area contributed by atoms with E-state index < -0.39 is 0 Å². The normalized spacial score (nSPS) is 18.1. The fourth-order valence-corrected chi connectivity index (χ4v) is 1.95. The number of hydrogen-bond acceptors (Lipinski definition) is 1. The summed E-state index contributed by atoms with van der Waals surface area (Å²) in [5, 5.41) is 0.262. The third-order valence-corrected chi connectivity index (χ3v) is 3.18. The predicted octanol–water partition coefficient (Wildman–Crippen LogP) is 3.17. The second-order valence-corrected chi connectivity index (χ2v) is 4.46. The Bertz CT molecular complexity index is 312. The van der Waals surface area contributed by atoms with E-state index in [4.69, 9.17) is 11.6 Å².